The standard InChI is InChI=1S/C21H23N3O3S2/c1-12(2)18(24-19(25)17-6-5-9-27-17)20(26)23-16-8-7-15(10-13(16)3)29-21-22-14(4)11-28-21/h5-12,18H,1-4H3,(H,23,26)(H,24,25). The van der Waals surface area contributed by atoms with Crippen molar-refractivity contribution in [2.45, 2.75) is 43.0 Å². The molecular weight excluding hydrogens is 406 g/mol. The monoisotopic (exact) mass is 429 g/mol. The molecule has 0 aliphatic carbocycles. The second-order valence-corrected chi connectivity index (χ2v) is 9.17. The molecule has 0 aliphatic rings. The first-order valence-electron chi connectivity index (χ1n) is 9.19. The Hall–Kier alpha value is -2.58. The topological polar surface area (TPSA) is 84.2 Å². The third-order valence-corrected chi connectivity index (χ3v) is 6.29. The average molecular weight is 430 g/mol. The van der Waals surface area contributed by atoms with E-state index in [0.29, 0.717) is 5.69 Å². The molecular formula is C21H23N3O3S2. The number of aryl methyl sites for hydroxylation is 2. The van der Waals surface area contributed by atoms with Crippen LogP contribution in [-0.2, 0) is 4.79 Å². The van der Waals surface area contributed by atoms with Crippen LogP contribution in [0, 0.1) is 19.8 Å². The molecule has 8 heteroatoms. The first-order chi connectivity index (χ1) is 13.8. The van der Waals surface area contributed by atoms with Crippen molar-refractivity contribution < 1.29 is 14.0 Å². The van der Waals surface area contributed by atoms with Gasteiger partial charge in [-0.1, -0.05) is 25.6 Å². The highest BCUT2D eigenvalue weighted by molar-refractivity contribution is 8.01. The molecule has 0 bridgehead atoms. The summed E-state index contributed by atoms with van der Waals surface area (Å²) in [7, 11) is 0. The van der Waals surface area contributed by atoms with Gasteiger partial charge in [0.1, 0.15) is 6.04 Å². The molecule has 2 amide bonds. The van der Waals surface area contributed by atoms with Gasteiger partial charge in [-0.2, -0.15) is 0 Å². The maximum Gasteiger partial charge on any atom is 0.287 e. The van der Waals surface area contributed by atoms with Crippen LogP contribution in [-0.4, -0.2) is 22.8 Å². The Morgan fingerprint density at radius 2 is 2.00 bits per heavy atom. The van der Waals surface area contributed by atoms with Crippen LogP contribution in [0.3, 0.4) is 0 Å². The van der Waals surface area contributed by atoms with Crippen molar-refractivity contribution in [2.75, 3.05) is 5.32 Å². The second kappa shape index (κ2) is 9.28. The molecule has 0 spiro atoms. The Morgan fingerprint density at radius 3 is 2.59 bits per heavy atom. The van der Waals surface area contributed by atoms with E-state index in [2.05, 4.69) is 15.6 Å². The summed E-state index contributed by atoms with van der Waals surface area (Å²) in [6.45, 7) is 7.68. The van der Waals surface area contributed by atoms with E-state index in [9.17, 15) is 9.59 Å². The van der Waals surface area contributed by atoms with Gasteiger partial charge >= 0.3 is 0 Å². The first-order valence-corrected chi connectivity index (χ1v) is 10.9. The largest absolute Gasteiger partial charge is 0.459 e. The van der Waals surface area contributed by atoms with E-state index in [-0.39, 0.29) is 17.6 Å². The van der Waals surface area contributed by atoms with Crippen molar-refractivity contribution in [3.8, 4) is 0 Å². The Bertz CT molecular complexity index is 997. The molecule has 0 radical (unpaired) electrons. The number of nitrogens with zero attached hydrogens (tertiary/aromatic N) is 1. The fourth-order valence-corrected chi connectivity index (χ4v) is 4.59. The van der Waals surface area contributed by atoms with E-state index in [4.69, 9.17) is 4.42 Å². The molecule has 1 aromatic carbocycles. The lowest BCUT2D eigenvalue weighted by Gasteiger charge is -2.22. The molecule has 0 saturated carbocycles. The maximum absolute atomic E-state index is 12.8. The van der Waals surface area contributed by atoms with Gasteiger partial charge in [-0.05, 0) is 55.7 Å². The number of carbonyl (C=O) groups is 2. The number of rotatable bonds is 7. The van der Waals surface area contributed by atoms with Gasteiger partial charge in [0.2, 0.25) is 5.91 Å². The molecule has 3 rings (SSSR count). The molecule has 3 aromatic rings. The van der Waals surface area contributed by atoms with Crippen LogP contribution in [0.15, 0.2) is 55.6 Å². The van der Waals surface area contributed by atoms with Gasteiger partial charge in [0.05, 0.1) is 6.26 Å². The van der Waals surface area contributed by atoms with Gasteiger partial charge < -0.3 is 15.1 Å². The van der Waals surface area contributed by atoms with E-state index >= 15 is 0 Å². The minimum atomic E-state index is -0.681. The van der Waals surface area contributed by atoms with E-state index in [1.54, 1.807) is 35.2 Å². The Kier molecular flexibility index (Phi) is 6.76. The number of benzene rings is 1. The molecule has 6 nitrogen and oxygen atoms in total. The number of aromatic nitrogens is 1. The lowest BCUT2D eigenvalue weighted by Crippen LogP contribution is -2.47. The smallest absolute Gasteiger partial charge is 0.287 e. The van der Waals surface area contributed by atoms with E-state index in [1.165, 1.54) is 6.26 Å². The number of hydrogen-bond acceptors (Lipinski definition) is 6. The number of furan rings is 1. The molecule has 2 heterocycles. The lowest BCUT2D eigenvalue weighted by atomic mass is 10.0. The summed E-state index contributed by atoms with van der Waals surface area (Å²) in [5.41, 5.74) is 2.67. The summed E-state index contributed by atoms with van der Waals surface area (Å²) in [4.78, 5) is 30.6. The molecule has 0 fully saturated rings. The highest BCUT2D eigenvalue weighted by Gasteiger charge is 2.26. The number of hydrogen-bond donors (Lipinski definition) is 2. The van der Waals surface area contributed by atoms with Crippen molar-refractivity contribution >= 4 is 40.6 Å². The number of nitrogens with one attached hydrogen (secondary N) is 2. The van der Waals surface area contributed by atoms with Gasteiger partial charge in [0, 0.05) is 21.7 Å². The minimum absolute atomic E-state index is 0.0859. The molecule has 1 unspecified atom stereocenters. The minimum Gasteiger partial charge on any atom is -0.459 e. The van der Waals surface area contributed by atoms with E-state index in [1.807, 2.05) is 51.3 Å². The van der Waals surface area contributed by atoms with Gasteiger partial charge in [-0.25, -0.2) is 4.98 Å². The van der Waals surface area contributed by atoms with Crippen molar-refractivity contribution in [3.63, 3.8) is 0 Å². The van der Waals surface area contributed by atoms with Crippen LogP contribution in [0.2, 0.25) is 0 Å². The number of thiazole rings is 1. The summed E-state index contributed by atoms with van der Waals surface area (Å²) in [5.74, 6) is -0.583. The first kappa shape index (κ1) is 21.1. The molecule has 0 aliphatic heterocycles. The third-order valence-electron chi connectivity index (χ3n) is 4.24. The Morgan fingerprint density at radius 1 is 1.21 bits per heavy atom. The van der Waals surface area contributed by atoms with Gasteiger partial charge in [-0.15, -0.1) is 11.3 Å². The second-order valence-electron chi connectivity index (χ2n) is 7.00. The zero-order valence-electron chi connectivity index (χ0n) is 16.7. The van der Waals surface area contributed by atoms with Gasteiger partial charge in [-0.3, -0.25) is 9.59 Å². The highest BCUT2D eigenvalue weighted by atomic mass is 32.2. The van der Waals surface area contributed by atoms with Gasteiger partial charge in [0.15, 0.2) is 10.1 Å². The molecule has 2 aromatic heterocycles. The Labute approximate surface area is 178 Å². The molecule has 2 N–H and O–H groups in total. The molecule has 0 saturated heterocycles. The summed E-state index contributed by atoms with van der Waals surface area (Å²) in [5, 5.41) is 7.70. The number of carbonyl (C=O) groups excluding carboxylic acids is 2. The maximum atomic E-state index is 12.8. The SMILES string of the molecule is Cc1csc(Sc2ccc(NC(=O)C(NC(=O)c3ccco3)C(C)C)c(C)c2)n1. The summed E-state index contributed by atoms with van der Waals surface area (Å²) < 4.78 is 6.09. The van der Waals surface area contributed by atoms with Crippen molar-refractivity contribution in [3.05, 3.63) is 59.0 Å². The van der Waals surface area contributed by atoms with Crippen molar-refractivity contribution in [1.82, 2.24) is 10.3 Å². The number of amides is 2. The fourth-order valence-electron chi connectivity index (χ4n) is 2.69. The predicted octanol–water partition coefficient (Wildman–Crippen LogP) is 4.90. The fraction of sp³-hybridized carbons (Fsp3) is 0.286. The predicted molar refractivity (Wildman–Crippen MR) is 116 cm³/mol. The molecule has 152 valence electrons. The van der Waals surface area contributed by atoms with Crippen LogP contribution in [0.25, 0.3) is 0 Å². The molecule has 1 atom stereocenters. The van der Waals surface area contributed by atoms with Crippen LogP contribution in [0.5, 0.6) is 0 Å². The normalized spacial score (nSPS) is 12.0. The molecule has 29 heavy (non-hydrogen) atoms. The quantitative estimate of drug-likeness (QED) is 0.558. The van der Waals surface area contributed by atoms with Gasteiger partial charge in [0.25, 0.3) is 5.91 Å². The van der Waals surface area contributed by atoms with Crippen LogP contribution < -0.4 is 10.6 Å². The van der Waals surface area contributed by atoms with Crippen LogP contribution >= 0.6 is 23.1 Å². The van der Waals surface area contributed by atoms with Crippen molar-refractivity contribution in [2.24, 2.45) is 5.92 Å². The van der Waals surface area contributed by atoms with Crippen LogP contribution in [0.1, 0.15) is 35.7 Å². The number of anilines is 1. The van der Waals surface area contributed by atoms with E-state index in [0.717, 1.165) is 20.5 Å². The summed E-state index contributed by atoms with van der Waals surface area (Å²) in [6.07, 6.45) is 1.43. The summed E-state index contributed by atoms with van der Waals surface area (Å²) in [6, 6.07) is 8.37. The van der Waals surface area contributed by atoms with Crippen LogP contribution in [0.4, 0.5) is 5.69 Å². The Balaban J connectivity index is 1.68. The zero-order chi connectivity index (χ0) is 21.0. The summed E-state index contributed by atoms with van der Waals surface area (Å²) >= 11 is 3.21. The lowest BCUT2D eigenvalue weighted by molar-refractivity contribution is -0.118. The van der Waals surface area contributed by atoms with Crippen molar-refractivity contribution in [1.29, 1.82) is 0 Å². The average Bonchev–Trinajstić information content (AvgIpc) is 3.33. The highest BCUT2D eigenvalue weighted by Crippen LogP contribution is 2.32. The zero-order valence-corrected chi connectivity index (χ0v) is 18.3. The third kappa shape index (κ3) is 5.48. The van der Waals surface area contributed by atoms with E-state index < -0.39 is 11.9 Å².